The number of hydrogen-bond donors (Lipinski definition) is 1. The van der Waals surface area contributed by atoms with E-state index in [0.717, 1.165) is 5.69 Å². The lowest BCUT2D eigenvalue weighted by molar-refractivity contribution is 0.0951. The number of aromatic nitrogens is 1. The Balaban J connectivity index is 2.04. The molecule has 1 aromatic heterocycles. The average Bonchev–Trinajstić information content (AvgIpc) is 2.54. The fraction of sp³-hybridized carbons (Fsp3) is 0.545. The Morgan fingerprint density at radius 3 is 2.76 bits per heavy atom. The van der Waals surface area contributed by atoms with E-state index in [9.17, 15) is 13.5 Å². The molecule has 0 aromatic carbocycles. The minimum Gasteiger partial charge on any atom is -0.390 e. The summed E-state index contributed by atoms with van der Waals surface area (Å²) in [5.41, 5.74) is 0.867. The van der Waals surface area contributed by atoms with Gasteiger partial charge in [-0.25, -0.2) is 8.42 Å². The number of sulfone groups is 1. The van der Waals surface area contributed by atoms with Crippen LogP contribution in [0.2, 0.25) is 0 Å². The quantitative estimate of drug-likeness (QED) is 0.802. The SMILES string of the molecule is CN(Cc1ccccn1)C1CS(=O)(=O)CC1O. The lowest BCUT2D eigenvalue weighted by Gasteiger charge is -2.25. The third-order valence-corrected chi connectivity index (χ3v) is 4.70. The highest BCUT2D eigenvalue weighted by atomic mass is 32.2. The summed E-state index contributed by atoms with van der Waals surface area (Å²) in [7, 11) is -1.29. The van der Waals surface area contributed by atoms with E-state index >= 15 is 0 Å². The van der Waals surface area contributed by atoms with Gasteiger partial charge in [0, 0.05) is 12.7 Å². The van der Waals surface area contributed by atoms with Crippen LogP contribution in [0.15, 0.2) is 24.4 Å². The lowest BCUT2D eigenvalue weighted by Crippen LogP contribution is -2.40. The van der Waals surface area contributed by atoms with Gasteiger partial charge in [-0.1, -0.05) is 6.07 Å². The molecular formula is C11H16N2O3S. The minimum absolute atomic E-state index is 0.0253. The number of pyridine rings is 1. The Hall–Kier alpha value is -0.980. The summed E-state index contributed by atoms with van der Waals surface area (Å²) in [4.78, 5) is 6.02. The molecule has 1 fully saturated rings. The molecule has 94 valence electrons. The molecule has 1 N–H and O–H groups in total. The Morgan fingerprint density at radius 1 is 1.47 bits per heavy atom. The van der Waals surface area contributed by atoms with Crippen LogP contribution in [0.25, 0.3) is 0 Å². The van der Waals surface area contributed by atoms with E-state index in [1.165, 1.54) is 0 Å². The fourth-order valence-corrected chi connectivity index (χ4v) is 3.97. The van der Waals surface area contributed by atoms with Crippen LogP contribution in [0.4, 0.5) is 0 Å². The molecular weight excluding hydrogens is 240 g/mol. The standard InChI is InChI=1S/C11H16N2O3S/c1-13(6-9-4-2-3-5-12-9)10-7-17(15,16)8-11(10)14/h2-5,10-11,14H,6-8H2,1H3. The van der Waals surface area contributed by atoms with E-state index in [-0.39, 0.29) is 17.5 Å². The number of aliphatic hydroxyl groups is 1. The summed E-state index contributed by atoms with van der Waals surface area (Å²) in [5.74, 6) is -0.109. The van der Waals surface area contributed by atoms with E-state index in [1.807, 2.05) is 30.1 Å². The average molecular weight is 256 g/mol. The maximum atomic E-state index is 11.4. The molecule has 1 aliphatic rings. The van der Waals surface area contributed by atoms with Gasteiger partial charge in [-0.2, -0.15) is 0 Å². The van der Waals surface area contributed by atoms with Crippen molar-refractivity contribution >= 4 is 9.84 Å². The van der Waals surface area contributed by atoms with Crippen molar-refractivity contribution in [3.05, 3.63) is 30.1 Å². The van der Waals surface area contributed by atoms with E-state index < -0.39 is 15.9 Å². The highest BCUT2D eigenvalue weighted by molar-refractivity contribution is 7.91. The number of likely N-dealkylation sites (N-methyl/N-ethyl adjacent to an activating group) is 1. The third kappa shape index (κ3) is 3.02. The molecule has 5 nitrogen and oxygen atoms in total. The van der Waals surface area contributed by atoms with Crippen molar-refractivity contribution in [1.29, 1.82) is 0 Å². The first-order valence-corrected chi connectivity index (χ1v) is 7.29. The summed E-state index contributed by atoms with van der Waals surface area (Å²) in [5, 5.41) is 9.73. The number of aliphatic hydroxyl groups excluding tert-OH is 1. The van der Waals surface area contributed by atoms with Gasteiger partial charge in [0.15, 0.2) is 9.84 Å². The molecule has 2 heterocycles. The van der Waals surface area contributed by atoms with Gasteiger partial charge in [0.1, 0.15) is 0 Å². The van der Waals surface area contributed by atoms with Crippen LogP contribution in [0.5, 0.6) is 0 Å². The fourth-order valence-electron chi connectivity index (χ4n) is 2.10. The van der Waals surface area contributed by atoms with Crippen LogP contribution in [-0.2, 0) is 16.4 Å². The van der Waals surface area contributed by atoms with Gasteiger partial charge in [-0.3, -0.25) is 9.88 Å². The molecule has 0 radical (unpaired) electrons. The van der Waals surface area contributed by atoms with Crippen molar-refractivity contribution in [2.45, 2.75) is 18.7 Å². The number of rotatable bonds is 3. The molecule has 0 bridgehead atoms. The van der Waals surface area contributed by atoms with Gasteiger partial charge >= 0.3 is 0 Å². The van der Waals surface area contributed by atoms with E-state index in [4.69, 9.17) is 0 Å². The maximum Gasteiger partial charge on any atom is 0.154 e. The van der Waals surface area contributed by atoms with Crippen LogP contribution in [0, 0.1) is 0 Å². The van der Waals surface area contributed by atoms with Crippen molar-refractivity contribution < 1.29 is 13.5 Å². The molecule has 0 spiro atoms. The Kier molecular flexibility index (Phi) is 3.46. The molecule has 0 saturated carbocycles. The Morgan fingerprint density at radius 2 is 2.24 bits per heavy atom. The second-order valence-electron chi connectivity index (χ2n) is 4.45. The zero-order valence-corrected chi connectivity index (χ0v) is 10.5. The summed E-state index contributed by atoms with van der Waals surface area (Å²) >= 11 is 0. The third-order valence-electron chi connectivity index (χ3n) is 3.00. The summed E-state index contributed by atoms with van der Waals surface area (Å²) in [6.45, 7) is 0.540. The van der Waals surface area contributed by atoms with Crippen LogP contribution in [0.3, 0.4) is 0 Å². The van der Waals surface area contributed by atoms with E-state index in [0.29, 0.717) is 6.54 Å². The first kappa shape index (κ1) is 12.5. The first-order chi connectivity index (χ1) is 7.98. The van der Waals surface area contributed by atoms with Crippen LogP contribution >= 0.6 is 0 Å². The normalized spacial score (nSPS) is 27.5. The molecule has 6 heteroatoms. The second kappa shape index (κ2) is 4.72. The van der Waals surface area contributed by atoms with Crippen molar-refractivity contribution in [2.75, 3.05) is 18.6 Å². The Labute approximate surface area is 101 Å². The molecule has 0 amide bonds. The predicted molar refractivity (Wildman–Crippen MR) is 64.2 cm³/mol. The predicted octanol–water partition coefficient (Wildman–Crippen LogP) is -0.329. The van der Waals surface area contributed by atoms with Gasteiger partial charge in [0.25, 0.3) is 0 Å². The van der Waals surface area contributed by atoms with Crippen LogP contribution < -0.4 is 0 Å². The molecule has 17 heavy (non-hydrogen) atoms. The first-order valence-electron chi connectivity index (χ1n) is 5.46. The van der Waals surface area contributed by atoms with E-state index in [1.54, 1.807) is 6.20 Å². The van der Waals surface area contributed by atoms with Crippen LogP contribution in [0.1, 0.15) is 5.69 Å². The van der Waals surface area contributed by atoms with Crippen molar-refractivity contribution in [3.63, 3.8) is 0 Å². The molecule has 2 rings (SSSR count). The van der Waals surface area contributed by atoms with Crippen molar-refractivity contribution in [2.24, 2.45) is 0 Å². The lowest BCUT2D eigenvalue weighted by atomic mass is 10.2. The summed E-state index contributed by atoms with van der Waals surface area (Å²) in [6.07, 6.45) is 0.902. The largest absolute Gasteiger partial charge is 0.390 e. The number of hydrogen-bond acceptors (Lipinski definition) is 5. The van der Waals surface area contributed by atoms with Gasteiger partial charge in [-0.15, -0.1) is 0 Å². The topological polar surface area (TPSA) is 70.5 Å². The minimum atomic E-state index is -3.09. The summed E-state index contributed by atoms with van der Waals surface area (Å²) < 4.78 is 22.8. The molecule has 2 atom stereocenters. The highest BCUT2D eigenvalue weighted by Gasteiger charge is 2.38. The summed E-state index contributed by atoms with van der Waals surface area (Å²) in [6, 6.07) is 5.27. The van der Waals surface area contributed by atoms with Gasteiger partial charge in [-0.05, 0) is 19.2 Å². The van der Waals surface area contributed by atoms with Crippen LogP contribution in [-0.4, -0.2) is 54.1 Å². The monoisotopic (exact) mass is 256 g/mol. The smallest absolute Gasteiger partial charge is 0.154 e. The van der Waals surface area contributed by atoms with Crippen molar-refractivity contribution in [1.82, 2.24) is 9.88 Å². The van der Waals surface area contributed by atoms with Gasteiger partial charge < -0.3 is 5.11 Å². The second-order valence-corrected chi connectivity index (χ2v) is 6.60. The molecule has 0 aliphatic carbocycles. The van der Waals surface area contributed by atoms with Crippen molar-refractivity contribution in [3.8, 4) is 0 Å². The highest BCUT2D eigenvalue weighted by Crippen LogP contribution is 2.18. The maximum absolute atomic E-state index is 11.4. The molecule has 1 aliphatic heterocycles. The van der Waals surface area contributed by atoms with Gasteiger partial charge in [0.2, 0.25) is 0 Å². The number of nitrogens with zero attached hydrogens (tertiary/aromatic N) is 2. The molecule has 1 aromatic rings. The zero-order chi connectivity index (χ0) is 12.5. The van der Waals surface area contributed by atoms with E-state index in [2.05, 4.69) is 4.98 Å². The zero-order valence-electron chi connectivity index (χ0n) is 9.65. The molecule has 2 unspecified atom stereocenters. The Bertz CT molecular complexity index is 475. The molecule has 1 saturated heterocycles. The van der Waals surface area contributed by atoms with Gasteiger partial charge in [0.05, 0.1) is 29.3 Å².